The summed E-state index contributed by atoms with van der Waals surface area (Å²) >= 11 is 0. The molecule has 78 valence electrons. The molecule has 1 saturated heterocycles. The maximum Gasteiger partial charge on any atom is 0.171 e. The molecule has 0 spiro atoms. The zero-order chi connectivity index (χ0) is 9.10. The van der Waals surface area contributed by atoms with E-state index in [-0.39, 0.29) is 18.2 Å². The third-order valence-corrected chi connectivity index (χ3v) is 2.18. The summed E-state index contributed by atoms with van der Waals surface area (Å²) in [6.45, 7) is 3.72. The van der Waals surface area contributed by atoms with Crippen LogP contribution in [0.4, 0.5) is 5.82 Å². The molecule has 0 saturated carbocycles. The SMILES string of the molecule is Cl.Oc1cccnc1N1CCNCC1. The Kier molecular flexibility index (Phi) is 3.98. The van der Waals surface area contributed by atoms with E-state index in [1.807, 2.05) is 0 Å². The smallest absolute Gasteiger partial charge is 0.171 e. The van der Waals surface area contributed by atoms with Crippen LogP contribution in [0.25, 0.3) is 0 Å². The van der Waals surface area contributed by atoms with E-state index in [1.54, 1.807) is 18.3 Å². The molecule has 0 amide bonds. The van der Waals surface area contributed by atoms with Crippen molar-refractivity contribution in [1.29, 1.82) is 0 Å². The summed E-state index contributed by atoms with van der Waals surface area (Å²) in [5.41, 5.74) is 0. The first kappa shape index (κ1) is 11.1. The number of hydrogen-bond donors (Lipinski definition) is 2. The molecule has 5 heteroatoms. The van der Waals surface area contributed by atoms with Gasteiger partial charge in [-0.3, -0.25) is 0 Å². The van der Waals surface area contributed by atoms with E-state index in [1.165, 1.54) is 0 Å². The predicted molar refractivity (Wildman–Crippen MR) is 58.2 cm³/mol. The van der Waals surface area contributed by atoms with Crippen molar-refractivity contribution in [3.8, 4) is 5.75 Å². The van der Waals surface area contributed by atoms with Crippen LogP contribution < -0.4 is 10.2 Å². The van der Waals surface area contributed by atoms with Gasteiger partial charge < -0.3 is 15.3 Å². The number of hydrogen-bond acceptors (Lipinski definition) is 4. The minimum atomic E-state index is 0. The average molecular weight is 216 g/mol. The Morgan fingerprint density at radius 2 is 2.07 bits per heavy atom. The highest BCUT2D eigenvalue weighted by molar-refractivity contribution is 5.85. The fourth-order valence-corrected chi connectivity index (χ4v) is 1.51. The number of nitrogens with one attached hydrogen (secondary N) is 1. The van der Waals surface area contributed by atoms with Crippen molar-refractivity contribution in [1.82, 2.24) is 10.3 Å². The van der Waals surface area contributed by atoms with Gasteiger partial charge in [0.25, 0.3) is 0 Å². The van der Waals surface area contributed by atoms with E-state index in [2.05, 4.69) is 15.2 Å². The highest BCUT2D eigenvalue weighted by atomic mass is 35.5. The summed E-state index contributed by atoms with van der Waals surface area (Å²) in [6, 6.07) is 3.41. The molecule has 0 bridgehead atoms. The zero-order valence-corrected chi connectivity index (χ0v) is 8.63. The van der Waals surface area contributed by atoms with Crippen LogP contribution in [0.3, 0.4) is 0 Å². The molecule has 0 radical (unpaired) electrons. The quantitative estimate of drug-likeness (QED) is 0.721. The van der Waals surface area contributed by atoms with Gasteiger partial charge in [0.2, 0.25) is 0 Å². The van der Waals surface area contributed by atoms with Crippen LogP contribution in [0.2, 0.25) is 0 Å². The van der Waals surface area contributed by atoms with Gasteiger partial charge in [-0.2, -0.15) is 0 Å². The summed E-state index contributed by atoms with van der Waals surface area (Å²) in [5.74, 6) is 0.966. The molecule has 0 unspecified atom stereocenters. The monoisotopic (exact) mass is 215 g/mol. The van der Waals surface area contributed by atoms with Gasteiger partial charge in [0.05, 0.1) is 0 Å². The second-order valence-electron chi connectivity index (χ2n) is 3.08. The van der Waals surface area contributed by atoms with Crippen molar-refractivity contribution in [2.24, 2.45) is 0 Å². The minimum Gasteiger partial charge on any atom is -0.504 e. The van der Waals surface area contributed by atoms with E-state index in [0.29, 0.717) is 5.82 Å². The highest BCUT2D eigenvalue weighted by Gasteiger charge is 2.13. The lowest BCUT2D eigenvalue weighted by atomic mass is 10.3. The lowest BCUT2D eigenvalue weighted by Crippen LogP contribution is -2.43. The molecule has 0 aromatic carbocycles. The van der Waals surface area contributed by atoms with Crippen molar-refractivity contribution in [2.45, 2.75) is 0 Å². The Morgan fingerprint density at radius 3 is 2.71 bits per heavy atom. The molecule has 2 heterocycles. The first-order valence-electron chi connectivity index (χ1n) is 4.47. The number of nitrogens with zero attached hydrogens (tertiary/aromatic N) is 2. The van der Waals surface area contributed by atoms with Gasteiger partial charge in [-0.25, -0.2) is 4.98 Å². The highest BCUT2D eigenvalue weighted by Crippen LogP contribution is 2.23. The van der Waals surface area contributed by atoms with Crippen molar-refractivity contribution >= 4 is 18.2 Å². The molecule has 1 fully saturated rings. The lowest BCUT2D eigenvalue weighted by Gasteiger charge is -2.28. The minimum absolute atomic E-state index is 0. The van der Waals surface area contributed by atoms with Gasteiger partial charge in [0.1, 0.15) is 0 Å². The molecule has 2 rings (SSSR count). The van der Waals surface area contributed by atoms with Crippen molar-refractivity contribution in [2.75, 3.05) is 31.1 Å². The molecular formula is C9H14ClN3O. The Morgan fingerprint density at radius 1 is 1.36 bits per heavy atom. The lowest BCUT2D eigenvalue weighted by molar-refractivity contribution is 0.467. The van der Waals surface area contributed by atoms with Crippen molar-refractivity contribution in [3.63, 3.8) is 0 Å². The van der Waals surface area contributed by atoms with Crippen LogP contribution in [0.1, 0.15) is 0 Å². The number of pyridine rings is 1. The zero-order valence-electron chi connectivity index (χ0n) is 7.81. The number of halogens is 1. The number of aromatic nitrogens is 1. The largest absolute Gasteiger partial charge is 0.504 e. The van der Waals surface area contributed by atoms with Gasteiger partial charge >= 0.3 is 0 Å². The summed E-state index contributed by atoms with van der Waals surface area (Å²) in [7, 11) is 0. The Hall–Kier alpha value is -1.00. The summed E-state index contributed by atoms with van der Waals surface area (Å²) in [4.78, 5) is 6.24. The Bertz CT molecular complexity index is 289. The van der Waals surface area contributed by atoms with E-state index >= 15 is 0 Å². The molecule has 1 aliphatic rings. The maximum atomic E-state index is 9.54. The number of aromatic hydroxyl groups is 1. The van der Waals surface area contributed by atoms with Crippen LogP contribution in [0, 0.1) is 0 Å². The van der Waals surface area contributed by atoms with Gasteiger partial charge in [0.15, 0.2) is 11.6 Å². The van der Waals surface area contributed by atoms with Crippen molar-refractivity contribution in [3.05, 3.63) is 18.3 Å². The fraction of sp³-hybridized carbons (Fsp3) is 0.444. The molecule has 0 atom stereocenters. The summed E-state index contributed by atoms with van der Waals surface area (Å²) < 4.78 is 0. The van der Waals surface area contributed by atoms with E-state index in [4.69, 9.17) is 0 Å². The molecular weight excluding hydrogens is 202 g/mol. The normalized spacial score (nSPS) is 16.1. The van der Waals surface area contributed by atoms with E-state index in [9.17, 15) is 5.11 Å². The maximum absolute atomic E-state index is 9.54. The molecule has 0 aliphatic carbocycles. The third-order valence-electron chi connectivity index (χ3n) is 2.18. The summed E-state index contributed by atoms with van der Waals surface area (Å²) in [5, 5.41) is 12.8. The Balaban J connectivity index is 0.000000980. The third kappa shape index (κ3) is 2.27. The first-order chi connectivity index (χ1) is 6.38. The molecule has 1 aromatic rings. The van der Waals surface area contributed by atoms with Crippen LogP contribution in [0.5, 0.6) is 5.75 Å². The topological polar surface area (TPSA) is 48.4 Å². The molecule has 4 nitrogen and oxygen atoms in total. The second-order valence-corrected chi connectivity index (χ2v) is 3.08. The second kappa shape index (κ2) is 5.02. The molecule has 1 aliphatic heterocycles. The van der Waals surface area contributed by atoms with Gasteiger partial charge in [-0.1, -0.05) is 0 Å². The van der Waals surface area contributed by atoms with E-state index in [0.717, 1.165) is 26.2 Å². The van der Waals surface area contributed by atoms with E-state index < -0.39 is 0 Å². The van der Waals surface area contributed by atoms with Crippen LogP contribution >= 0.6 is 12.4 Å². The predicted octanol–water partition coefficient (Wildman–Crippen LogP) is 0.619. The fourth-order valence-electron chi connectivity index (χ4n) is 1.51. The average Bonchev–Trinajstić information content (AvgIpc) is 2.20. The number of piperazine rings is 1. The number of anilines is 1. The molecule has 14 heavy (non-hydrogen) atoms. The van der Waals surface area contributed by atoms with Crippen LogP contribution in [-0.4, -0.2) is 36.3 Å². The number of rotatable bonds is 1. The Labute approximate surface area is 89.4 Å². The van der Waals surface area contributed by atoms with Crippen LogP contribution in [0.15, 0.2) is 18.3 Å². The standard InChI is InChI=1S/C9H13N3O.ClH/c13-8-2-1-3-11-9(8)12-6-4-10-5-7-12;/h1-3,10,13H,4-7H2;1H. The van der Waals surface area contributed by atoms with Gasteiger partial charge in [-0.05, 0) is 12.1 Å². The van der Waals surface area contributed by atoms with Gasteiger partial charge in [0, 0.05) is 32.4 Å². The molecule has 1 aromatic heterocycles. The van der Waals surface area contributed by atoms with Crippen molar-refractivity contribution < 1.29 is 5.11 Å². The summed E-state index contributed by atoms with van der Waals surface area (Å²) in [6.07, 6.45) is 1.71. The first-order valence-corrected chi connectivity index (χ1v) is 4.47. The van der Waals surface area contributed by atoms with Crippen LogP contribution in [-0.2, 0) is 0 Å². The molecule has 2 N–H and O–H groups in total. The van der Waals surface area contributed by atoms with Gasteiger partial charge in [-0.15, -0.1) is 12.4 Å².